The summed E-state index contributed by atoms with van der Waals surface area (Å²) in [5.74, 6) is -0.174. The predicted octanol–water partition coefficient (Wildman–Crippen LogP) is 0.554. The van der Waals surface area contributed by atoms with Crippen molar-refractivity contribution in [2.45, 2.75) is 25.9 Å². The first kappa shape index (κ1) is 12.4. The van der Waals surface area contributed by atoms with E-state index in [2.05, 4.69) is 20.8 Å². The molecular weight excluding hydrogens is 240 g/mol. The van der Waals surface area contributed by atoms with E-state index >= 15 is 0 Å². The molecule has 1 amide bonds. The molecule has 1 fully saturated rings. The summed E-state index contributed by atoms with van der Waals surface area (Å²) in [6, 6.07) is 0. The van der Waals surface area contributed by atoms with Crippen molar-refractivity contribution >= 4 is 22.4 Å². The van der Waals surface area contributed by atoms with Gasteiger partial charge in [0.1, 0.15) is 11.6 Å². The Balaban J connectivity index is 1.70. The Morgan fingerprint density at radius 2 is 2.53 bits per heavy atom. The number of hydrogen-bond donors (Lipinski definition) is 2. The molecule has 2 rings (SSSR count). The highest BCUT2D eigenvalue weighted by molar-refractivity contribution is 7.15. The Morgan fingerprint density at radius 3 is 3.18 bits per heavy atom. The fraction of sp³-hybridized carbons (Fsp3) is 0.700. The maximum absolute atomic E-state index is 11.5. The lowest BCUT2D eigenvalue weighted by Crippen LogP contribution is -2.37. The third kappa shape index (κ3) is 4.03. The van der Waals surface area contributed by atoms with Crippen molar-refractivity contribution in [2.24, 2.45) is 0 Å². The number of nitrogens with zero attached hydrogens (tertiary/aromatic N) is 2. The smallest absolute Gasteiger partial charge is 0.252 e. The normalized spacial score (nSPS) is 20.2. The highest BCUT2D eigenvalue weighted by Crippen LogP contribution is 2.13. The van der Waals surface area contributed by atoms with Gasteiger partial charge < -0.3 is 10.1 Å². The molecule has 94 valence electrons. The van der Waals surface area contributed by atoms with E-state index in [-0.39, 0.29) is 18.6 Å². The van der Waals surface area contributed by atoms with E-state index in [0.717, 1.165) is 30.9 Å². The summed E-state index contributed by atoms with van der Waals surface area (Å²) in [7, 11) is 0. The van der Waals surface area contributed by atoms with E-state index in [4.69, 9.17) is 4.74 Å². The number of rotatable bonds is 4. The second-order valence-corrected chi connectivity index (χ2v) is 5.14. The molecule has 1 aromatic rings. The van der Waals surface area contributed by atoms with Gasteiger partial charge in [-0.15, -0.1) is 10.2 Å². The van der Waals surface area contributed by atoms with Gasteiger partial charge in [-0.25, -0.2) is 0 Å². The Kier molecular flexibility index (Phi) is 4.41. The molecule has 0 saturated carbocycles. The maximum Gasteiger partial charge on any atom is 0.252 e. The molecule has 1 aliphatic rings. The Hall–Kier alpha value is -1.05. The molecular formula is C10H16N4O2S. The van der Waals surface area contributed by atoms with Gasteiger partial charge in [0.2, 0.25) is 5.13 Å². The van der Waals surface area contributed by atoms with Crippen LogP contribution in [-0.2, 0) is 9.53 Å². The second kappa shape index (κ2) is 6.04. The third-order valence-electron chi connectivity index (χ3n) is 2.47. The lowest BCUT2D eigenvalue weighted by atomic mass is 10.1. The number of nitrogens with one attached hydrogen (secondary N) is 2. The summed E-state index contributed by atoms with van der Waals surface area (Å²) >= 11 is 1.36. The van der Waals surface area contributed by atoms with Crippen molar-refractivity contribution in [1.29, 1.82) is 0 Å². The molecule has 2 N–H and O–H groups in total. The first-order valence-corrected chi connectivity index (χ1v) is 6.48. The zero-order valence-corrected chi connectivity index (χ0v) is 10.5. The van der Waals surface area contributed by atoms with Crippen LogP contribution in [-0.4, -0.2) is 41.9 Å². The lowest BCUT2D eigenvalue weighted by Gasteiger charge is -2.22. The number of carbonyl (C=O) groups excluding carboxylic acids is 1. The Morgan fingerprint density at radius 1 is 1.65 bits per heavy atom. The van der Waals surface area contributed by atoms with Crippen LogP contribution in [0.5, 0.6) is 0 Å². The van der Waals surface area contributed by atoms with E-state index in [1.54, 1.807) is 0 Å². The molecule has 1 atom stereocenters. The highest BCUT2D eigenvalue weighted by atomic mass is 32.1. The minimum atomic E-state index is -0.174. The van der Waals surface area contributed by atoms with Gasteiger partial charge in [-0.05, 0) is 26.3 Å². The minimum absolute atomic E-state index is 0.0744. The number of aryl methyl sites for hydroxylation is 1. The Labute approximate surface area is 104 Å². The van der Waals surface area contributed by atoms with Gasteiger partial charge >= 0.3 is 0 Å². The molecule has 7 heteroatoms. The fourth-order valence-electron chi connectivity index (χ4n) is 1.66. The van der Waals surface area contributed by atoms with Crippen molar-refractivity contribution in [1.82, 2.24) is 15.5 Å². The molecule has 1 unspecified atom stereocenters. The van der Waals surface area contributed by atoms with Gasteiger partial charge in [0.05, 0.1) is 6.10 Å². The van der Waals surface area contributed by atoms with Gasteiger partial charge in [-0.2, -0.15) is 0 Å². The van der Waals surface area contributed by atoms with Gasteiger partial charge in [0.25, 0.3) is 5.91 Å². The molecule has 1 saturated heterocycles. The van der Waals surface area contributed by atoms with Gasteiger partial charge in [-0.3, -0.25) is 10.1 Å². The van der Waals surface area contributed by atoms with Crippen molar-refractivity contribution in [3.05, 3.63) is 5.01 Å². The summed E-state index contributed by atoms with van der Waals surface area (Å²) in [4.78, 5) is 11.5. The summed E-state index contributed by atoms with van der Waals surface area (Å²) in [5.41, 5.74) is 0. The second-order valence-electron chi connectivity index (χ2n) is 3.95. The van der Waals surface area contributed by atoms with Crippen molar-refractivity contribution in [3.63, 3.8) is 0 Å². The maximum atomic E-state index is 11.5. The fourth-order valence-corrected chi connectivity index (χ4v) is 2.27. The number of ether oxygens (including phenoxy) is 1. The standard InChI is InChI=1S/C10H16N4O2S/c1-7-13-14-10(17-7)12-9(15)6-16-8-3-2-4-11-5-8/h8,11H,2-6H2,1H3,(H,12,14,15). The quantitative estimate of drug-likeness (QED) is 0.823. The number of carbonyl (C=O) groups is 1. The van der Waals surface area contributed by atoms with Crippen LogP contribution in [0.4, 0.5) is 5.13 Å². The van der Waals surface area contributed by atoms with E-state index in [1.165, 1.54) is 11.3 Å². The number of piperidine rings is 1. The van der Waals surface area contributed by atoms with Crippen LogP contribution in [0.3, 0.4) is 0 Å². The molecule has 2 heterocycles. The molecule has 0 spiro atoms. The largest absolute Gasteiger partial charge is 0.367 e. The monoisotopic (exact) mass is 256 g/mol. The van der Waals surface area contributed by atoms with E-state index in [0.29, 0.717) is 5.13 Å². The van der Waals surface area contributed by atoms with Crippen molar-refractivity contribution in [3.8, 4) is 0 Å². The average Bonchev–Trinajstić information content (AvgIpc) is 2.73. The van der Waals surface area contributed by atoms with Crippen LogP contribution < -0.4 is 10.6 Å². The molecule has 0 aromatic carbocycles. The average molecular weight is 256 g/mol. The molecule has 0 aliphatic carbocycles. The molecule has 0 bridgehead atoms. The van der Waals surface area contributed by atoms with Crippen molar-refractivity contribution in [2.75, 3.05) is 25.0 Å². The number of aromatic nitrogens is 2. The first-order chi connectivity index (χ1) is 8.24. The van der Waals surface area contributed by atoms with E-state index < -0.39 is 0 Å². The van der Waals surface area contributed by atoms with Crippen LogP contribution in [0.1, 0.15) is 17.8 Å². The molecule has 0 radical (unpaired) electrons. The molecule has 1 aliphatic heterocycles. The number of hydrogen-bond acceptors (Lipinski definition) is 6. The predicted molar refractivity (Wildman–Crippen MR) is 65.1 cm³/mol. The number of anilines is 1. The van der Waals surface area contributed by atoms with Crippen molar-refractivity contribution < 1.29 is 9.53 Å². The van der Waals surface area contributed by atoms with Crippen LogP contribution >= 0.6 is 11.3 Å². The molecule has 17 heavy (non-hydrogen) atoms. The first-order valence-electron chi connectivity index (χ1n) is 5.66. The Bertz CT molecular complexity index is 376. The summed E-state index contributed by atoms with van der Waals surface area (Å²) in [5, 5.41) is 14.9. The zero-order valence-electron chi connectivity index (χ0n) is 9.73. The van der Waals surface area contributed by atoms with Gasteiger partial charge in [0.15, 0.2) is 0 Å². The topological polar surface area (TPSA) is 76.1 Å². The van der Waals surface area contributed by atoms with Crippen LogP contribution in [0.25, 0.3) is 0 Å². The van der Waals surface area contributed by atoms with Gasteiger partial charge in [0, 0.05) is 6.54 Å². The van der Waals surface area contributed by atoms with E-state index in [1.807, 2.05) is 6.92 Å². The summed E-state index contributed by atoms with van der Waals surface area (Å²) in [6.07, 6.45) is 2.26. The highest BCUT2D eigenvalue weighted by Gasteiger charge is 2.15. The SMILES string of the molecule is Cc1nnc(NC(=O)COC2CCCNC2)s1. The summed E-state index contributed by atoms with van der Waals surface area (Å²) < 4.78 is 5.51. The third-order valence-corrected chi connectivity index (χ3v) is 3.23. The zero-order chi connectivity index (χ0) is 12.1. The van der Waals surface area contributed by atoms with Gasteiger partial charge in [-0.1, -0.05) is 11.3 Å². The molecule has 1 aromatic heterocycles. The summed E-state index contributed by atoms with van der Waals surface area (Å²) in [6.45, 7) is 3.78. The van der Waals surface area contributed by atoms with Crippen LogP contribution in [0, 0.1) is 6.92 Å². The van der Waals surface area contributed by atoms with Crippen LogP contribution in [0.15, 0.2) is 0 Å². The minimum Gasteiger partial charge on any atom is -0.367 e. The number of amides is 1. The van der Waals surface area contributed by atoms with Crippen LogP contribution in [0.2, 0.25) is 0 Å². The lowest BCUT2D eigenvalue weighted by molar-refractivity contribution is -0.122. The van der Waals surface area contributed by atoms with E-state index in [9.17, 15) is 4.79 Å². The molecule has 6 nitrogen and oxygen atoms in total.